The van der Waals surface area contributed by atoms with E-state index >= 15 is 0 Å². The van der Waals surface area contributed by atoms with Gasteiger partial charge < -0.3 is 24.0 Å². The zero-order valence-corrected chi connectivity index (χ0v) is 19.5. The van der Waals surface area contributed by atoms with Gasteiger partial charge in [0.25, 0.3) is 5.56 Å². The average Bonchev–Trinajstić information content (AvgIpc) is 2.77. The highest BCUT2D eigenvalue weighted by molar-refractivity contribution is 5.90. The van der Waals surface area contributed by atoms with Crippen LogP contribution in [-0.2, 0) is 6.54 Å². The molecule has 3 rings (SSSR count). The summed E-state index contributed by atoms with van der Waals surface area (Å²) in [6, 6.07) is 9.61. The minimum absolute atomic E-state index is 0.284. The number of nitrogens with one attached hydrogen (secondary N) is 1. The molecule has 0 saturated heterocycles. The van der Waals surface area contributed by atoms with Crippen molar-refractivity contribution in [3.8, 4) is 17.2 Å². The highest BCUT2D eigenvalue weighted by Crippen LogP contribution is 2.41. The maximum Gasteiger partial charge on any atom is 0.264 e. The molecule has 0 fully saturated rings. The smallest absolute Gasteiger partial charge is 0.264 e. The molecule has 9 heteroatoms. The molecule has 0 spiro atoms. The first-order valence-electron chi connectivity index (χ1n) is 10.0. The Morgan fingerprint density at radius 3 is 2.41 bits per heavy atom. The number of amidine groups is 1. The molecule has 1 N–H and O–H groups in total. The summed E-state index contributed by atoms with van der Waals surface area (Å²) in [4.78, 5) is 28.9. The van der Waals surface area contributed by atoms with Gasteiger partial charge in [-0.15, -0.1) is 0 Å². The molecule has 1 aromatic heterocycles. The fourth-order valence-electron chi connectivity index (χ4n) is 3.30. The van der Waals surface area contributed by atoms with Gasteiger partial charge in [-0.1, -0.05) is 12.1 Å². The molecule has 0 aliphatic rings. The van der Waals surface area contributed by atoms with Gasteiger partial charge in [0.15, 0.2) is 11.5 Å². The summed E-state index contributed by atoms with van der Waals surface area (Å²) in [5, 5.41) is 0.304. The van der Waals surface area contributed by atoms with E-state index in [-0.39, 0.29) is 11.3 Å². The second-order valence-electron chi connectivity index (χ2n) is 7.51. The molecule has 170 valence electrons. The Balaban J connectivity index is 1.98. The molecular formula is C23H29N5O4. The van der Waals surface area contributed by atoms with Crippen LogP contribution >= 0.6 is 0 Å². The second kappa shape index (κ2) is 9.59. The molecular weight excluding hydrogens is 410 g/mol. The van der Waals surface area contributed by atoms with Crippen molar-refractivity contribution in [2.24, 2.45) is 4.99 Å². The van der Waals surface area contributed by atoms with Gasteiger partial charge in [0.1, 0.15) is 11.2 Å². The number of hydrogen-bond donors (Lipinski definition) is 1. The van der Waals surface area contributed by atoms with Crippen LogP contribution in [0.3, 0.4) is 0 Å². The molecule has 0 atom stereocenters. The van der Waals surface area contributed by atoms with Crippen molar-refractivity contribution in [3.05, 3.63) is 46.2 Å². The number of aliphatic imine (C=N–C) groups is 1. The lowest BCUT2D eigenvalue weighted by Crippen LogP contribution is -2.23. The van der Waals surface area contributed by atoms with Crippen molar-refractivity contribution < 1.29 is 14.2 Å². The highest BCUT2D eigenvalue weighted by atomic mass is 16.5. The van der Waals surface area contributed by atoms with E-state index in [0.717, 1.165) is 17.1 Å². The first kappa shape index (κ1) is 22.9. The lowest BCUT2D eigenvalue weighted by atomic mass is 10.2. The van der Waals surface area contributed by atoms with Gasteiger partial charge in [-0.05, 0) is 24.6 Å². The minimum atomic E-state index is -0.324. The summed E-state index contributed by atoms with van der Waals surface area (Å²) in [5.74, 6) is 2.41. The first-order chi connectivity index (χ1) is 15.3. The number of aromatic amines is 1. The van der Waals surface area contributed by atoms with E-state index in [4.69, 9.17) is 14.2 Å². The lowest BCUT2D eigenvalue weighted by molar-refractivity contribution is 0.327. The molecule has 9 nitrogen and oxygen atoms in total. The number of H-pyrrole nitrogens is 1. The van der Waals surface area contributed by atoms with E-state index in [9.17, 15) is 4.79 Å². The Kier molecular flexibility index (Phi) is 6.87. The van der Waals surface area contributed by atoms with Gasteiger partial charge in [0.05, 0.1) is 32.5 Å². The van der Waals surface area contributed by atoms with E-state index in [0.29, 0.717) is 34.9 Å². The molecule has 2 aromatic carbocycles. The maximum absolute atomic E-state index is 12.9. The van der Waals surface area contributed by atoms with Gasteiger partial charge in [-0.3, -0.25) is 9.78 Å². The van der Waals surface area contributed by atoms with Gasteiger partial charge in [-0.2, -0.15) is 0 Å². The molecule has 0 radical (unpaired) electrons. The van der Waals surface area contributed by atoms with Crippen LogP contribution < -0.4 is 24.7 Å². The zero-order valence-electron chi connectivity index (χ0n) is 19.5. The topological polar surface area (TPSA) is 92.3 Å². The Hall–Kier alpha value is -3.75. The van der Waals surface area contributed by atoms with Crippen LogP contribution in [0.5, 0.6) is 17.2 Å². The molecule has 0 amide bonds. The summed E-state index contributed by atoms with van der Waals surface area (Å²) < 4.78 is 16.2. The SMILES string of the molecule is COc1cc2nc(N(C)Cc3cccc(N=C(C)N(C)C)c3)[nH]c(=O)c2c(OC)c1OC. The molecule has 3 aromatic rings. The van der Waals surface area contributed by atoms with E-state index in [1.165, 1.54) is 21.3 Å². The van der Waals surface area contributed by atoms with Crippen LogP contribution in [0.1, 0.15) is 12.5 Å². The molecule has 0 saturated carbocycles. The third-order valence-electron chi connectivity index (χ3n) is 5.12. The van der Waals surface area contributed by atoms with Crippen LogP contribution in [0.15, 0.2) is 40.1 Å². The van der Waals surface area contributed by atoms with Crippen molar-refractivity contribution in [2.45, 2.75) is 13.5 Å². The lowest BCUT2D eigenvalue weighted by Gasteiger charge is -2.19. The van der Waals surface area contributed by atoms with Crippen molar-refractivity contribution in [1.82, 2.24) is 14.9 Å². The number of anilines is 1. The predicted octanol–water partition coefficient (Wildman–Crippen LogP) is 3.20. The van der Waals surface area contributed by atoms with Gasteiger partial charge in [0, 0.05) is 33.8 Å². The number of hydrogen-bond acceptors (Lipinski definition) is 7. The summed E-state index contributed by atoms with van der Waals surface area (Å²) in [6.07, 6.45) is 0. The van der Waals surface area contributed by atoms with Crippen LogP contribution in [-0.4, -0.2) is 63.2 Å². The van der Waals surface area contributed by atoms with Crippen molar-refractivity contribution in [2.75, 3.05) is 47.4 Å². The highest BCUT2D eigenvalue weighted by Gasteiger charge is 2.20. The molecule has 1 heterocycles. The van der Waals surface area contributed by atoms with E-state index in [1.807, 2.05) is 62.1 Å². The Morgan fingerprint density at radius 2 is 1.78 bits per heavy atom. The monoisotopic (exact) mass is 439 g/mol. The number of methoxy groups -OCH3 is 3. The number of rotatable bonds is 7. The van der Waals surface area contributed by atoms with Crippen LogP contribution in [0.4, 0.5) is 11.6 Å². The maximum atomic E-state index is 12.9. The van der Waals surface area contributed by atoms with E-state index < -0.39 is 0 Å². The van der Waals surface area contributed by atoms with Crippen molar-refractivity contribution in [3.63, 3.8) is 0 Å². The summed E-state index contributed by atoms with van der Waals surface area (Å²) >= 11 is 0. The fraction of sp³-hybridized carbons (Fsp3) is 0.348. The van der Waals surface area contributed by atoms with Crippen LogP contribution in [0.25, 0.3) is 10.9 Å². The fourth-order valence-corrected chi connectivity index (χ4v) is 3.30. The number of benzene rings is 2. The van der Waals surface area contributed by atoms with Crippen LogP contribution in [0, 0.1) is 0 Å². The van der Waals surface area contributed by atoms with Gasteiger partial charge in [0.2, 0.25) is 11.7 Å². The second-order valence-corrected chi connectivity index (χ2v) is 7.51. The summed E-state index contributed by atoms with van der Waals surface area (Å²) in [7, 11) is 10.3. The summed E-state index contributed by atoms with van der Waals surface area (Å²) in [6.45, 7) is 2.49. The van der Waals surface area contributed by atoms with Crippen molar-refractivity contribution in [1.29, 1.82) is 0 Å². The number of aromatic nitrogens is 2. The summed E-state index contributed by atoms with van der Waals surface area (Å²) in [5.41, 5.74) is 2.02. The predicted molar refractivity (Wildman–Crippen MR) is 127 cm³/mol. The van der Waals surface area contributed by atoms with Crippen molar-refractivity contribution >= 4 is 28.4 Å². The Morgan fingerprint density at radius 1 is 1.06 bits per heavy atom. The Labute approximate surface area is 187 Å². The number of nitrogens with zero attached hydrogens (tertiary/aromatic N) is 4. The van der Waals surface area contributed by atoms with Crippen LogP contribution in [0.2, 0.25) is 0 Å². The molecule has 0 aliphatic carbocycles. The van der Waals surface area contributed by atoms with E-state index in [1.54, 1.807) is 6.07 Å². The minimum Gasteiger partial charge on any atom is -0.493 e. The first-order valence-corrected chi connectivity index (χ1v) is 10.0. The largest absolute Gasteiger partial charge is 0.493 e. The molecule has 0 unspecified atom stereocenters. The normalized spacial score (nSPS) is 11.4. The quantitative estimate of drug-likeness (QED) is 0.446. The zero-order chi connectivity index (χ0) is 23.4. The Bertz CT molecular complexity index is 1200. The van der Waals surface area contributed by atoms with E-state index in [2.05, 4.69) is 15.0 Å². The van der Waals surface area contributed by atoms with Gasteiger partial charge in [-0.25, -0.2) is 9.98 Å². The number of ether oxygens (including phenoxy) is 3. The molecule has 0 aliphatic heterocycles. The number of fused-ring (bicyclic) bond motifs is 1. The third-order valence-corrected chi connectivity index (χ3v) is 5.12. The van der Waals surface area contributed by atoms with Gasteiger partial charge >= 0.3 is 0 Å². The standard InChI is InChI=1S/C23H29N5O4/c1-14(27(2)3)24-16-10-8-9-15(11-16)13-28(4)23-25-17-12-18(30-5)20(31-6)21(32-7)19(17)22(29)26-23/h8-12H,13H2,1-7H3,(H,25,26,29). The molecule has 32 heavy (non-hydrogen) atoms. The third kappa shape index (κ3) is 4.61. The average molecular weight is 440 g/mol. The molecule has 0 bridgehead atoms.